The van der Waals surface area contributed by atoms with Crippen LogP contribution in [0.15, 0.2) is 18.6 Å². The Labute approximate surface area is 59.7 Å². The Hall–Kier alpha value is -1.25. The fraction of sp³-hybridized carbons (Fsp3) is 0.286. The van der Waals surface area contributed by atoms with E-state index in [-0.39, 0.29) is 5.92 Å². The molecule has 1 heterocycles. The van der Waals surface area contributed by atoms with Crippen molar-refractivity contribution < 1.29 is 0 Å². The van der Waals surface area contributed by atoms with Gasteiger partial charge in [-0.15, -0.1) is 0 Å². The van der Waals surface area contributed by atoms with Crippen molar-refractivity contribution in [3.05, 3.63) is 24.3 Å². The third-order valence-corrected chi connectivity index (χ3v) is 1.32. The third-order valence-electron chi connectivity index (χ3n) is 1.32. The van der Waals surface area contributed by atoms with E-state index in [1.54, 1.807) is 6.20 Å². The Morgan fingerprint density at radius 3 is 3.00 bits per heavy atom. The van der Waals surface area contributed by atoms with Crippen molar-refractivity contribution in [2.45, 2.75) is 12.8 Å². The molecule has 0 aromatic carbocycles. The summed E-state index contributed by atoms with van der Waals surface area (Å²) >= 11 is 0. The normalized spacial score (nSPS) is 12.5. The summed E-state index contributed by atoms with van der Waals surface area (Å²) in [7, 11) is 0. The summed E-state index contributed by atoms with van der Waals surface area (Å²) in [5, 5.41) is 6.96. The summed E-state index contributed by atoms with van der Waals surface area (Å²) in [5.41, 5.74) is 0.894. The van der Waals surface area contributed by atoms with Crippen LogP contribution in [0.4, 0.5) is 0 Å². The maximum atomic E-state index is 6.96. The van der Waals surface area contributed by atoms with Crippen molar-refractivity contribution in [3.8, 4) is 0 Å². The Kier molecular flexibility index (Phi) is 2.10. The number of hydrogen-bond acceptors (Lipinski definition) is 3. The van der Waals surface area contributed by atoms with Gasteiger partial charge in [0, 0.05) is 18.3 Å². The first-order chi connectivity index (χ1) is 4.84. The number of nitrogens with one attached hydrogen (secondary N) is 1. The first-order valence-corrected chi connectivity index (χ1v) is 3.11. The molecule has 0 aliphatic carbocycles. The van der Waals surface area contributed by atoms with E-state index in [0.717, 1.165) is 5.69 Å². The smallest absolute Gasteiger partial charge is 0.115 e. The highest BCUT2D eigenvalue weighted by atomic mass is 14.8. The first kappa shape index (κ1) is 6.86. The molecule has 0 fully saturated rings. The van der Waals surface area contributed by atoms with Gasteiger partial charge in [0.1, 0.15) is 6.33 Å². The van der Waals surface area contributed by atoms with Crippen molar-refractivity contribution in [3.63, 3.8) is 0 Å². The monoisotopic (exact) mass is 135 g/mol. The van der Waals surface area contributed by atoms with Gasteiger partial charge in [0.25, 0.3) is 0 Å². The molecule has 1 rings (SSSR count). The summed E-state index contributed by atoms with van der Waals surface area (Å²) < 4.78 is 0. The Bertz CT molecular complexity index is 207. The zero-order valence-corrected chi connectivity index (χ0v) is 5.78. The van der Waals surface area contributed by atoms with Crippen LogP contribution in [-0.2, 0) is 0 Å². The summed E-state index contributed by atoms with van der Waals surface area (Å²) in [6.45, 7) is 1.93. The fourth-order valence-corrected chi connectivity index (χ4v) is 0.656. The molecule has 0 radical (unpaired) electrons. The molecule has 52 valence electrons. The third kappa shape index (κ3) is 1.37. The van der Waals surface area contributed by atoms with Crippen molar-refractivity contribution in [2.24, 2.45) is 0 Å². The van der Waals surface area contributed by atoms with Gasteiger partial charge in [0.2, 0.25) is 0 Å². The zero-order chi connectivity index (χ0) is 7.40. The molecule has 0 aliphatic heterocycles. The molecule has 1 aromatic heterocycles. The highest BCUT2D eigenvalue weighted by molar-refractivity contribution is 5.62. The van der Waals surface area contributed by atoms with Gasteiger partial charge in [-0.3, -0.25) is 0 Å². The average molecular weight is 135 g/mol. The topological polar surface area (TPSA) is 49.6 Å². The Morgan fingerprint density at radius 1 is 1.70 bits per heavy atom. The molecule has 1 N–H and O–H groups in total. The van der Waals surface area contributed by atoms with Gasteiger partial charge in [0.15, 0.2) is 0 Å². The lowest BCUT2D eigenvalue weighted by Crippen LogP contribution is -1.96. The Balaban J connectivity index is 2.84. The number of hydrogen-bond donors (Lipinski definition) is 1. The predicted molar refractivity (Wildman–Crippen MR) is 39.2 cm³/mol. The van der Waals surface area contributed by atoms with Crippen molar-refractivity contribution in [1.82, 2.24) is 9.97 Å². The molecule has 0 spiro atoms. The standard InChI is InChI=1S/C7H9N3/c1-6(4-8)7-2-3-9-5-10-7/h2-6,8H,1H3. The van der Waals surface area contributed by atoms with E-state index >= 15 is 0 Å². The van der Waals surface area contributed by atoms with Gasteiger partial charge in [-0.25, -0.2) is 9.97 Å². The molecule has 0 aliphatic rings. The molecule has 1 atom stereocenters. The Morgan fingerprint density at radius 2 is 2.50 bits per heavy atom. The molecule has 0 saturated carbocycles. The second-order valence-electron chi connectivity index (χ2n) is 2.09. The van der Waals surface area contributed by atoms with Gasteiger partial charge in [-0.05, 0) is 6.07 Å². The van der Waals surface area contributed by atoms with Crippen molar-refractivity contribution >= 4 is 6.21 Å². The molecule has 1 aromatic rings. The van der Waals surface area contributed by atoms with Crippen LogP contribution in [0.1, 0.15) is 18.5 Å². The van der Waals surface area contributed by atoms with Crippen molar-refractivity contribution in [1.29, 1.82) is 5.41 Å². The summed E-state index contributed by atoms with van der Waals surface area (Å²) in [6, 6.07) is 1.82. The van der Waals surface area contributed by atoms with Crippen LogP contribution in [0, 0.1) is 5.41 Å². The summed E-state index contributed by atoms with van der Waals surface area (Å²) in [5.74, 6) is 0.1000. The van der Waals surface area contributed by atoms with E-state index in [1.807, 2.05) is 13.0 Å². The lowest BCUT2D eigenvalue weighted by Gasteiger charge is -2.00. The van der Waals surface area contributed by atoms with Crippen LogP contribution < -0.4 is 0 Å². The van der Waals surface area contributed by atoms with E-state index in [4.69, 9.17) is 5.41 Å². The summed E-state index contributed by atoms with van der Waals surface area (Å²) in [4.78, 5) is 7.76. The molecule has 0 saturated heterocycles. The van der Waals surface area contributed by atoms with Gasteiger partial charge in [-0.2, -0.15) is 0 Å². The predicted octanol–water partition coefficient (Wildman–Crippen LogP) is 1.23. The van der Waals surface area contributed by atoms with E-state index in [2.05, 4.69) is 9.97 Å². The van der Waals surface area contributed by atoms with Gasteiger partial charge in [0.05, 0.1) is 5.69 Å². The number of nitrogens with zero attached hydrogens (tertiary/aromatic N) is 2. The minimum Gasteiger partial charge on any atom is -0.312 e. The van der Waals surface area contributed by atoms with Gasteiger partial charge in [-0.1, -0.05) is 6.92 Å². The van der Waals surface area contributed by atoms with Crippen LogP contribution in [0.3, 0.4) is 0 Å². The molecule has 3 heteroatoms. The molecule has 0 bridgehead atoms. The SMILES string of the molecule is CC(C=N)c1ccncn1. The molecular weight excluding hydrogens is 126 g/mol. The van der Waals surface area contributed by atoms with E-state index < -0.39 is 0 Å². The fourth-order valence-electron chi connectivity index (χ4n) is 0.656. The largest absolute Gasteiger partial charge is 0.312 e. The number of aromatic nitrogens is 2. The maximum absolute atomic E-state index is 6.96. The summed E-state index contributed by atoms with van der Waals surface area (Å²) in [6.07, 6.45) is 4.54. The zero-order valence-electron chi connectivity index (χ0n) is 5.78. The van der Waals surface area contributed by atoms with E-state index in [9.17, 15) is 0 Å². The average Bonchev–Trinajstić information content (AvgIpc) is 2.05. The highest BCUT2D eigenvalue weighted by Gasteiger charge is 1.99. The molecule has 10 heavy (non-hydrogen) atoms. The molecule has 3 nitrogen and oxygen atoms in total. The highest BCUT2D eigenvalue weighted by Crippen LogP contribution is 2.06. The first-order valence-electron chi connectivity index (χ1n) is 3.11. The van der Waals surface area contributed by atoms with Crippen LogP contribution in [0.2, 0.25) is 0 Å². The molecular formula is C7H9N3. The number of rotatable bonds is 2. The quantitative estimate of drug-likeness (QED) is 0.620. The lowest BCUT2D eigenvalue weighted by atomic mass is 10.1. The maximum Gasteiger partial charge on any atom is 0.115 e. The second kappa shape index (κ2) is 3.06. The van der Waals surface area contributed by atoms with Crippen LogP contribution in [0.25, 0.3) is 0 Å². The van der Waals surface area contributed by atoms with Gasteiger partial charge < -0.3 is 5.41 Å². The minimum absolute atomic E-state index is 0.1000. The van der Waals surface area contributed by atoms with Crippen LogP contribution >= 0.6 is 0 Å². The van der Waals surface area contributed by atoms with Gasteiger partial charge >= 0.3 is 0 Å². The van der Waals surface area contributed by atoms with Crippen LogP contribution in [0.5, 0.6) is 0 Å². The van der Waals surface area contributed by atoms with E-state index in [1.165, 1.54) is 12.5 Å². The van der Waals surface area contributed by atoms with E-state index in [0.29, 0.717) is 0 Å². The second-order valence-corrected chi connectivity index (χ2v) is 2.09. The molecule has 1 unspecified atom stereocenters. The van der Waals surface area contributed by atoms with Crippen LogP contribution in [-0.4, -0.2) is 16.2 Å². The van der Waals surface area contributed by atoms with Crippen molar-refractivity contribution in [2.75, 3.05) is 0 Å². The molecule has 0 amide bonds. The minimum atomic E-state index is 0.1000. The lowest BCUT2D eigenvalue weighted by molar-refractivity contribution is 0.939.